The van der Waals surface area contributed by atoms with Crippen LogP contribution in [0.1, 0.15) is 18.5 Å². The molecule has 0 amide bonds. The topological polar surface area (TPSA) is 57.7 Å². The molecule has 0 aliphatic rings. The molecule has 0 bridgehead atoms. The maximum atomic E-state index is 4.78. The van der Waals surface area contributed by atoms with Crippen LogP contribution in [0.3, 0.4) is 0 Å². The third kappa shape index (κ3) is 2.96. The summed E-state index contributed by atoms with van der Waals surface area (Å²) in [6.45, 7) is 2.17. The van der Waals surface area contributed by atoms with Crippen molar-refractivity contribution < 1.29 is 0 Å². The fraction of sp³-hybridized carbons (Fsp3) is 0.150. The Hall–Kier alpha value is -3.21. The molecule has 4 aromatic rings. The van der Waals surface area contributed by atoms with Gasteiger partial charge in [0.2, 0.25) is 0 Å². The van der Waals surface area contributed by atoms with Crippen LogP contribution in [-0.2, 0) is 0 Å². The molecule has 0 aliphatic carbocycles. The van der Waals surface area contributed by atoms with Gasteiger partial charge in [0.05, 0.1) is 29.5 Å². The molecular formula is C20H19N5. The van der Waals surface area contributed by atoms with Gasteiger partial charge in [-0.2, -0.15) is 5.10 Å². The Bertz CT molecular complexity index is 980. The van der Waals surface area contributed by atoms with Crippen LogP contribution in [0.5, 0.6) is 0 Å². The van der Waals surface area contributed by atoms with Crippen LogP contribution in [0.2, 0.25) is 0 Å². The SMILES string of the molecule is C[C@H](c1ccccc1)N(C)c1cnc2cc(-c3cn[nH]c3)ccc2n1. The van der Waals surface area contributed by atoms with Crippen molar-refractivity contribution in [3.05, 3.63) is 72.7 Å². The van der Waals surface area contributed by atoms with Gasteiger partial charge in [-0.3, -0.25) is 10.1 Å². The van der Waals surface area contributed by atoms with Crippen molar-refractivity contribution >= 4 is 16.9 Å². The van der Waals surface area contributed by atoms with E-state index in [9.17, 15) is 0 Å². The van der Waals surface area contributed by atoms with E-state index >= 15 is 0 Å². The highest BCUT2D eigenvalue weighted by molar-refractivity contribution is 5.81. The van der Waals surface area contributed by atoms with Gasteiger partial charge in [-0.15, -0.1) is 0 Å². The number of hydrogen-bond acceptors (Lipinski definition) is 4. The summed E-state index contributed by atoms with van der Waals surface area (Å²) >= 11 is 0. The third-order valence-electron chi connectivity index (χ3n) is 4.59. The van der Waals surface area contributed by atoms with Gasteiger partial charge in [0, 0.05) is 18.8 Å². The van der Waals surface area contributed by atoms with Crippen LogP contribution in [-0.4, -0.2) is 27.2 Å². The molecule has 1 N–H and O–H groups in total. The maximum Gasteiger partial charge on any atom is 0.148 e. The molecule has 0 radical (unpaired) electrons. The van der Waals surface area contributed by atoms with E-state index < -0.39 is 0 Å². The van der Waals surface area contributed by atoms with Crippen molar-refractivity contribution in [3.8, 4) is 11.1 Å². The molecule has 5 heteroatoms. The molecule has 2 heterocycles. The zero-order valence-corrected chi connectivity index (χ0v) is 14.2. The van der Waals surface area contributed by atoms with Gasteiger partial charge in [-0.05, 0) is 30.2 Å². The summed E-state index contributed by atoms with van der Waals surface area (Å²) in [5, 5.41) is 6.83. The molecule has 0 saturated carbocycles. The lowest BCUT2D eigenvalue weighted by atomic mass is 10.1. The third-order valence-corrected chi connectivity index (χ3v) is 4.59. The molecular weight excluding hydrogens is 310 g/mol. The van der Waals surface area contributed by atoms with Gasteiger partial charge in [0.15, 0.2) is 0 Å². The lowest BCUT2D eigenvalue weighted by Crippen LogP contribution is -2.22. The molecule has 0 saturated heterocycles. The highest BCUT2D eigenvalue weighted by Crippen LogP contribution is 2.26. The number of fused-ring (bicyclic) bond motifs is 1. The Morgan fingerprint density at radius 2 is 1.80 bits per heavy atom. The summed E-state index contributed by atoms with van der Waals surface area (Å²) < 4.78 is 0. The Kier molecular flexibility index (Phi) is 3.90. The molecule has 0 aliphatic heterocycles. The molecule has 0 fully saturated rings. The molecule has 5 nitrogen and oxygen atoms in total. The van der Waals surface area contributed by atoms with E-state index in [0.717, 1.165) is 28.0 Å². The van der Waals surface area contributed by atoms with E-state index in [1.54, 1.807) is 6.20 Å². The van der Waals surface area contributed by atoms with E-state index in [1.807, 2.05) is 43.7 Å². The van der Waals surface area contributed by atoms with Crippen molar-refractivity contribution in [2.75, 3.05) is 11.9 Å². The monoisotopic (exact) mass is 329 g/mol. The van der Waals surface area contributed by atoms with E-state index in [4.69, 9.17) is 4.98 Å². The van der Waals surface area contributed by atoms with Gasteiger partial charge >= 0.3 is 0 Å². The van der Waals surface area contributed by atoms with Crippen LogP contribution in [0.4, 0.5) is 5.82 Å². The minimum Gasteiger partial charge on any atom is -0.352 e. The second kappa shape index (κ2) is 6.36. The molecule has 124 valence electrons. The molecule has 4 rings (SSSR count). The summed E-state index contributed by atoms with van der Waals surface area (Å²) in [7, 11) is 2.05. The average molecular weight is 329 g/mol. The molecule has 25 heavy (non-hydrogen) atoms. The number of nitrogens with one attached hydrogen (secondary N) is 1. The molecule has 2 aromatic heterocycles. The quantitative estimate of drug-likeness (QED) is 0.609. The van der Waals surface area contributed by atoms with Crippen molar-refractivity contribution in [2.45, 2.75) is 13.0 Å². The van der Waals surface area contributed by atoms with Gasteiger partial charge in [0.1, 0.15) is 5.82 Å². The normalized spacial score (nSPS) is 12.2. The number of hydrogen-bond donors (Lipinski definition) is 1. The molecule has 1 atom stereocenters. The van der Waals surface area contributed by atoms with Gasteiger partial charge in [0.25, 0.3) is 0 Å². The largest absolute Gasteiger partial charge is 0.352 e. The predicted octanol–water partition coefficient (Wildman–Crippen LogP) is 4.22. The number of rotatable bonds is 4. The smallest absolute Gasteiger partial charge is 0.148 e. The Labute approximate surface area is 146 Å². The van der Waals surface area contributed by atoms with Gasteiger partial charge < -0.3 is 4.90 Å². The Morgan fingerprint density at radius 1 is 0.960 bits per heavy atom. The summed E-state index contributed by atoms with van der Waals surface area (Å²) in [5.74, 6) is 0.861. The predicted molar refractivity (Wildman–Crippen MR) is 100 cm³/mol. The van der Waals surface area contributed by atoms with Crippen LogP contribution >= 0.6 is 0 Å². The highest BCUT2D eigenvalue weighted by atomic mass is 15.2. The van der Waals surface area contributed by atoms with E-state index in [-0.39, 0.29) is 6.04 Å². The summed E-state index contributed by atoms with van der Waals surface area (Å²) in [6, 6.07) is 16.7. The average Bonchev–Trinajstić information content (AvgIpc) is 3.21. The van der Waals surface area contributed by atoms with Crippen LogP contribution in [0.15, 0.2) is 67.1 Å². The van der Waals surface area contributed by atoms with Crippen molar-refractivity contribution in [1.82, 2.24) is 20.2 Å². The first-order valence-electron chi connectivity index (χ1n) is 8.26. The highest BCUT2D eigenvalue weighted by Gasteiger charge is 2.14. The zero-order chi connectivity index (χ0) is 17.2. The molecule has 2 aromatic carbocycles. The molecule has 0 spiro atoms. The van der Waals surface area contributed by atoms with E-state index in [2.05, 4.69) is 51.3 Å². The number of anilines is 1. The van der Waals surface area contributed by atoms with Crippen LogP contribution in [0.25, 0.3) is 22.2 Å². The lowest BCUT2D eigenvalue weighted by molar-refractivity contribution is 0.728. The molecule has 0 unspecified atom stereocenters. The summed E-state index contributed by atoms with van der Waals surface area (Å²) in [5.41, 5.74) is 5.14. The first-order valence-corrected chi connectivity index (χ1v) is 8.26. The van der Waals surface area contributed by atoms with Gasteiger partial charge in [-0.1, -0.05) is 36.4 Å². The number of aromatic nitrogens is 4. The first-order chi connectivity index (χ1) is 12.2. The standard InChI is InChI=1S/C20H19N5/c1-14(15-6-4-3-5-7-15)25(2)20-13-21-19-10-16(8-9-18(19)24-20)17-11-22-23-12-17/h3-14H,1-2H3,(H,22,23)/t14-/m1/s1. The minimum atomic E-state index is 0.221. The van der Waals surface area contributed by atoms with Crippen LogP contribution in [0, 0.1) is 0 Å². The lowest BCUT2D eigenvalue weighted by Gasteiger charge is -2.26. The number of aromatic amines is 1. The van der Waals surface area contributed by atoms with E-state index in [1.165, 1.54) is 5.56 Å². The fourth-order valence-corrected chi connectivity index (χ4v) is 2.91. The summed E-state index contributed by atoms with van der Waals surface area (Å²) in [4.78, 5) is 11.5. The zero-order valence-electron chi connectivity index (χ0n) is 14.2. The second-order valence-electron chi connectivity index (χ2n) is 6.12. The van der Waals surface area contributed by atoms with Crippen molar-refractivity contribution in [1.29, 1.82) is 0 Å². The fourth-order valence-electron chi connectivity index (χ4n) is 2.91. The minimum absolute atomic E-state index is 0.221. The van der Waals surface area contributed by atoms with Crippen LogP contribution < -0.4 is 4.90 Å². The number of benzene rings is 2. The van der Waals surface area contributed by atoms with Crippen molar-refractivity contribution in [3.63, 3.8) is 0 Å². The first kappa shape index (κ1) is 15.3. The van der Waals surface area contributed by atoms with Crippen molar-refractivity contribution in [2.24, 2.45) is 0 Å². The van der Waals surface area contributed by atoms with Gasteiger partial charge in [-0.25, -0.2) is 4.98 Å². The van der Waals surface area contributed by atoms with E-state index in [0.29, 0.717) is 0 Å². The summed E-state index contributed by atoms with van der Waals surface area (Å²) in [6.07, 6.45) is 5.51. The second-order valence-corrected chi connectivity index (χ2v) is 6.12. The number of nitrogens with zero attached hydrogens (tertiary/aromatic N) is 4. The Morgan fingerprint density at radius 3 is 2.56 bits per heavy atom. The Balaban J connectivity index is 1.66. The number of H-pyrrole nitrogens is 1. The maximum absolute atomic E-state index is 4.78.